The Hall–Kier alpha value is -0.810. The first kappa shape index (κ1) is 10.2. The lowest BCUT2D eigenvalue weighted by Gasteiger charge is -2.12. The SMILES string of the molecule is CCOC(CO)COC(=O)O. The Morgan fingerprint density at radius 2 is 2.27 bits per heavy atom. The van der Waals surface area contributed by atoms with Gasteiger partial charge in [0.15, 0.2) is 0 Å². The minimum absolute atomic E-state index is 0.125. The molecule has 1 unspecified atom stereocenters. The lowest BCUT2D eigenvalue weighted by Crippen LogP contribution is -2.25. The first-order valence-corrected chi connectivity index (χ1v) is 3.28. The van der Waals surface area contributed by atoms with E-state index in [0.29, 0.717) is 6.61 Å². The number of aliphatic hydroxyl groups is 1. The maximum absolute atomic E-state index is 9.86. The Balaban J connectivity index is 3.43. The molecule has 0 aliphatic rings. The summed E-state index contributed by atoms with van der Waals surface area (Å²) < 4.78 is 9.08. The minimum atomic E-state index is -1.36. The zero-order valence-corrected chi connectivity index (χ0v) is 6.32. The first-order chi connectivity index (χ1) is 5.20. The molecule has 2 N–H and O–H groups in total. The lowest BCUT2D eigenvalue weighted by atomic mass is 10.4. The van der Waals surface area contributed by atoms with Crippen molar-refractivity contribution in [2.24, 2.45) is 0 Å². The minimum Gasteiger partial charge on any atom is -0.450 e. The predicted octanol–water partition coefficient (Wildman–Crippen LogP) is 0.0784. The zero-order chi connectivity index (χ0) is 8.69. The van der Waals surface area contributed by atoms with Crippen LogP contribution in [-0.4, -0.2) is 42.3 Å². The molecule has 0 aliphatic carbocycles. The quantitative estimate of drug-likeness (QED) is 0.562. The van der Waals surface area contributed by atoms with Crippen LogP contribution in [0.2, 0.25) is 0 Å². The predicted molar refractivity (Wildman–Crippen MR) is 36.5 cm³/mol. The molecule has 1 atom stereocenters. The topological polar surface area (TPSA) is 76.0 Å². The van der Waals surface area contributed by atoms with Gasteiger partial charge in [0.1, 0.15) is 12.7 Å². The smallest absolute Gasteiger partial charge is 0.450 e. The van der Waals surface area contributed by atoms with Crippen molar-refractivity contribution in [1.82, 2.24) is 0 Å². The van der Waals surface area contributed by atoms with Gasteiger partial charge in [0.05, 0.1) is 6.61 Å². The van der Waals surface area contributed by atoms with E-state index in [4.69, 9.17) is 14.9 Å². The molecule has 0 aromatic carbocycles. The summed E-state index contributed by atoms with van der Waals surface area (Å²) in [5.41, 5.74) is 0. The summed E-state index contributed by atoms with van der Waals surface area (Å²) in [7, 11) is 0. The summed E-state index contributed by atoms with van der Waals surface area (Å²) in [5.74, 6) is 0. The van der Waals surface area contributed by atoms with Gasteiger partial charge in [0.25, 0.3) is 0 Å². The molecule has 5 heteroatoms. The molecule has 0 saturated carbocycles. The zero-order valence-electron chi connectivity index (χ0n) is 6.32. The van der Waals surface area contributed by atoms with Gasteiger partial charge in [-0.25, -0.2) is 4.79 Å². The molecular formula is C6H12O5. The molecule has 11 heavy (non-hydrogen) atoms. The Kier molecular flexibility index (Phi) is 5.50. The van der Waals surface area contributed by atoms with E-state index < -0.39 is 12.3 Å². The van der Waals surface area contributed by atoms with Crippen LogP contribution in [0.25, 0.3) is 0 Å². The molecule has 0 aromatic rings. The first-order valence-electron chi connectivity index (χ1n) is 3.28. The van der Waals surface area contributed by atoms with Crippen molar-refractivity contribution in [2.45, 2.75) is 13.0 Å². The number of aliphatic hydroxyl groups excluding tert-OH is 1. The van der Waals surface area contributed by atoms with Crippen molar-refractivity contribution in [3.63, 3.8) is 0 Å². The number of hydrogen-bond donors (Lipinski definition) is 2. The van der Waals surface area contributed by atoms with Gasteiger partial charge in [-0.3, -0.25) is 0 Å². The van der Waals surface area contributed by atoms with Crippen molar-refractivity contribution in [3.05, 3.63) is 0 Å². The van der Waals surface area contributed by atoms with Gasteiger partial charge in [-0.2, -0.15) is 0 Å². The molecule has 0 amide bonds. The molecule has 5 nitrogen and oxygen atoms in total. The average Bonchev–Trinajstić information content (AvgIpc) is 1.97. The van der Waals surface area contributed by atoms with Gasteiger partial charge in [0, 0.05) is 6.61 Å². The van der Waals surface area contributed by atoms with Crippen LogP contribution in [0, 0.1) is 0 Å². The summed E-state index contributed by atoms with van der Waals surface area (Å²) >= 11 is 0. The molecule has 0 rings (SSSR count). The van der Waals surface area contributed by atoms with Crippen molar-refractivity contribution >= 4 is 6.16 Å². The van der Waals surface area contributed by atoms with Crippen LogP contribution in [0.3, 0.4) is 0 Å². The molecule has 0 saturated heterocycles. The molecule has 0 aliphatic heterocycles. The van der Waals surface area contributed by atoms with Crippen molar-refractivity contribution in [3.8, 4) is 0 Å². The van der Waals surface area contributed by atoms with E-state index >= 15 is 0 Å². The highest BCUT2D eigenvalue weighted by Crippen LogP contribution is 1.92. The second-order valence-electron chi connectivity index (χ2n) is 1.84. The van der Waals surface area contributed by atoms with Crippen LogP contribution in [0.4, 0.5) is 4.79 Å². The van der Waals surface area contributed by atoms with Gasteiger partial charge in [-0.1, -0.05) is 0 Å². The normalized spacial score (nSPS) is 12.5. The van der Waals surface area contributed by atoms with E-state index in [-0.39, 0.29) is 13.2 Å². The summed E-state index contributed by atoms with van der Waals surface area (Å²) in [6, 6.07) is 0. The van der Waals surface area contributed by atoms with Gasteiger partial charge in [-0.05, 0) is 6.92 Å². The summed E-state index contributed by atoms with van der Waals surface area (Å²) in [5, 5.41) is 16.6. The fraction of sp³-hybridized carbons (Fsp3) is 0.833. The van der Waals surface area contributed by atoms with E-state index in [9.17, 15) is 4.79 Å². The van der Waals surface area contributed by atoms with Gasteiger partial charge in [0.2, 0.25) is 0 Å². The molecule has 0 fully saturated rings. The average molecular weight is 164 g/mol. The molecule has 0 radical (unpaired) electrons. The molecule has 66 valence electrons. The number of hydrogen-bond acceptors (Lipinski definition) is 4. The van der Waals surface area contributed by atoms with Crippen LogP contribution in [0.5, 0.6) is 0 Å². The number of ether oxygens (including phenoxy) is 2. The molecule has 0 bridgehead atoms. The highest BCUT2D eigenvalue weighted by atomic mass is 16.7. The van der Waals surface area contributed by atoms with Gasteiger partial charge >= 0.3 is 6.16 Å². The fourth-order valence-corrected chi connectivity index (χ4v) is 0.553. The Bertz CT molecular complexity index is 114. The van der Waals surface area contributed by atoms with E-state index in [2.05, 4.69) is 4.74 Å². The molecule has 0 heterocycles. The number of carboxylic acid groups (broad SMARTS) is 1. The van der Waals surface area contributed by atoms with Gasteiger partial charge < -0.3 is 19.7 Å². The largest absolute Gasteiger partial charge is 0.505 e. The number of rotatable bonds is 5. The Morgan fingerprint density at radius 1 is 1.64 bits per heavy atom. The number of carbonyl (C=O) groups is 1. The van der Waals surface area contributed by atoms with E-state index in [1.54, 1.807) is 6.92 Å². The second-order valence-corrected chi connectivity index (χ2v) is 1.84. The standard InChI is InChI=1S/C6H12O5/c1-2-10-5(3-7)4-11-6(8)9/h5,7H,2-4H2,1H3,(H,8,9). The Labute approximate surface area is 64.5 Å². The van der Waals surface area contributed by atoms with E-state index in [1.807, 2.05) is 0 Å². The van der Waals surface area contributed by atoms with Gasteiger partial charge in [-0.15, -0.1) is 0 Å². The van der Waals surface area contributed by atoms with Crippen molar-refractivity contribution < 1.29 is 24.5 Å². The third kappa shape index (κ3) is 5.63. The molecule has 0 aromatic heterocycles. The lowest BCUT2D eigenvalue weighted by molar-refractivity contribution is -0.0281. The van der Waals surface area contributed by atoms with Crippen LogP contribution in [0.1, 0.15) is 6.92 Å². The second kappa shape index (κ2) is 5.94. The monoisotopic (exact) mass is 164 g/mol. The van der Waals surface area contributed by atoms with Crippen LogP contribution in [0.15, 0.2) is 0 Å². The third-order valence-corrected chi connectivity index (χ3v) is 0.999. The highest BCUT2D eigenvalue weighted by molar-refractivity contribution is 5.56. The third-order valence-electron chi connectivity index (χ3n) is 0.999. The van der Waals surface area contributed by atoms with E-state index in [1.165, 1.54) is 0 Å². The van der Waals surface area contributed by atoms with Crippen LogP contribution in [-0.2, 0) is 9.47 Å². The highest BCUT2D eigenvalue weighted by Gasteiger charge is 2.08. The maximum atomic E-state index is 9.86. The summed E-state index contributed by atoms with van der Waals surface area (Å²) in [4.78, 5) is 9.86. The summed E-state index contributed by atoms with van der Waals surface area (Å²) in [6.45, 7) is 1.82. The van der Waals surface area contributed by atoms with E-state index in [0.717, 1.165) is 0 Å². The maximum Gasteiger partial charge on any atom is 0.505 e. The summed E-state index contributed by atoms with van der Waals surface area (Å²) in [6.07, 6.45) is -1.90. The molecular weight excluding hydrogens is 152 g/mol. The van der Waals surface area contributed by atoms with Crippen LogP contribution >= 0.6 is 0 Å². The fourth-order valence-electron chi connectivity index (χ4n) is 0.553. The van der Waals surface area contributed by atoms with Crippen LogP contribution < -0.4 is 0 Å². The molecule has 0 spiro atoms. The van der Waals surface area contributed by atoms with Crippen molar-refractivity contribution in [1.29, 1.82) is 0 Å². The Morgan fingerprint density at radius 3 is 2.64 bits per heavy atom. The van der Waals surface area contributed by atoms with Crippen molar-refractivity contribution in [2.75, 3.05) is 19.8 Å².